The minimum Gasteiger partial charge on any atom is -0.399 e. The van der Waals surface area contributed by atoms with Gasteiger partial charge in [0.2, 0.25) is 0 Å². The molecule has 4 aliphatic carbocycles. The number of Topliss-reactive ketones (excluding diaryl/α,β-unsaturated/α-hetero) is 1. The van der Waals surface area contributed by atoms with Crippen molar-refractivity contribution in [3.05, 3.63) is 82.7 Å². The van der Waals surface area contributed by atoms with Gasteiger partial charge in [0, 0.05) is 45.8 Å². The average Bonchev–Trinajstić information content (AvgIpc) is 3.49. The van der Waals surface area contributed by atoms with E-state index in [-0.39, 0.29) is 42.1 Å². The Kier molecular flexibility index (Phi) is 7.13. The van der Waals surface area contributed by atoms with E-state index < -0.39 is 53.1 Å². The lowest BCUT2D eigenvalue weighted by Gasteiger charge is -2.59. The van der Waals surface area contributed by atoms with Crippen LogP contribution in [0, 0.1) is 41.3 Å². The smallest absolute Gasteiger partial charge is 0.193 e. The molecule has 9 heteroatoms. The number of rotatable bonds is 6. The molecule has 0 bridgehead atoms. The SMILES string of the molecule is Cc1ccc(CNc2cccc(N)c2)c(F)c1[C@H]1O[C@@H]2C[C@H]3[C@@H]4CCC5=CC(=O)C=C[C@]5(C)[C@H]4[C@@H](O)C[C@]3(C)[C@]2(C(=O)CO)O1. The van der Waals surface area contributed by atoms with Gasteiger partial charge >= 0.3 is 0 Å². The van der Waals surface area contributed by atoms with Gasteiger partial charge in [-0.2, -0.15) is 0 Å². The predicted molar refractivity (Wildman–Crippen MR) is 166 cm³/mol. The van der Waals surface area contributed by atoms with E-state index in [9.17, 15) is 19.8 Å². The molecule has 0 aromatic heterocycles. The average molecular weight is 617 g/mol. The van der Waals surface area contributed by atoms with Crippen LogP contribution in [0.1, 0.15) is 62.5 Å². The molecule has 5 aliphatic rings. The number of aliphatic hydroxyl groups is 2. The fourth-order valence-electron chi connectivity index (χ4n) is 9.82. The number of anilines is 2. The van der Waals surface area contributed by atoms with E-state index in [0.29, 0.717) is 23.2 Å². The lowest BCUT2D eigenvalue weighted by atomic mass is 9.46. The molecule has 1 saturated heterocycles. The Bertz CT molecular complexity index is 1640. The highest BCUT2D eigenvalue weighted by molar-refractivity contribution is 6.01. The van der Waals surface area contributed by atoms with Gasteiger partial charge in [0.25, 0.3) is 0 Å². The van der Waals surface area contributed by atoms with Gasteiger partial charge in [-0.05, 0) is 80.4 Å². The third-order valence-electron chi connectivity index (χ3n) is 11.9. The van der Waals surface area contributed by atoms with Gasteiger partial charge in [-0.1, -0.05) is 43.7 Å². The molecule has 1 aliphatic heterocycles. The largest absolute Gasteiger partial charge is 0.399 e. The van der Waals surface area contributed by atoms with Crippen molar-refractivity contribution in [2.75, 3.05) is 17.7 Å². The van der Waals surface area contributed by atoms with E-state index in [1.54, 1.807) is 37.3 Å². The highest BCUT2D eigenvalue weighted by Gasteiger charge is 2.76. The molecular weight excluding hydrogens is 575 g/mol. The molecule has 0 amide bonds. The van der Waals surface area contributed by atoms with E-state index in [4.69, 9.17) is 15.2 Å². The first kappa shape index (κ1) is 30.3. The fourth-order valence-corrected chi connectivity index (χ4v) is 9.82. The standard InChI is InChI=1S/C36H41FN2O6/c1-19-7-8-20(17-39-23-6-4-5-22(38)14-23)32(37)30(19)33-44-29-15-26-25-10-9-21-13-24(41)11-12-34(21,2)31(25)27(42)16-35(26,3)36(29,45-33)28(43)18-40/h4-8,11-14,25-27,29,31,33,39-40,42H,9-10,15-18,38H2,1-3H3/t25-,26-,27-,29+,31+,33-,34-,35-,36+/m0/s1. The number of halogens is 1. The Hall–Kier alpha value is -3.37. The zero-order chi connectivity index (χ0) is 31.9. The maximum Gasteiger partial charge on any atom is 0.193 e. The molecular formula is C36H41FN2O6. The molecule has 0 spiro atoms. The van der Waals surface area contributed by atoms with Gasteiger partial charge in [0.15, 0.2) is 23.5 Å². The number of ketones is 2. The van der Waals surface area contributed by atoms with Crippen molar-refractivity contribution >= 4 is 22.9 Å². The minimum absolute atomic E-state index is 0.0288. The summed E-state index contributed by atoms with van der Waals surface area (Å²) in [5.41, 5.74) is 6.67. The number of nitrogens with two attached hydrogens (primary N) is 1. The summed E-state index contributed by atoms with van der Waals surface area (Å²) >= 11 is 0. The molecule has 8 nitrogen and oxygen atoms in total. The number of benzene rings is 2. The highest BCUT2D eigenvalue weighted by atomic mass is 19.1. The summed E-state index contributed by atoms with van der Waals surface area (Å²) in [6.07, 6.45) is 4.83. The number of nitrogens with one attached hydrogen (secondary N) is 1. The Morgan fingerprint density at radius 3 is 2.78 bits per heavy atom. The molecule has 1 heterocycles. The fraction of sp³-hybridized carbons (Fsp3) is 0.500. The summed E-state index contributed by atoms with van der Waals surface area (Å²) in [4.78, 5) is 26.1. The number of ether oxygens (including phenoxy) is 2. The first-order chi connectivity index (χ1) is 21.4. The normalized spacial score (nSPS) is 38.2. The summed E-state index contributed by atoms with van der Waals surface area (Å²) < 4.78 is 29.4. The van der Waals surface area contributed by atoms with Gasteiger partial charge in [-0.3, -0.25) is 9.59 Å². The lowest BCUT2D eigenvalue weighted by Crippen LogP contribution is -2.63. The summed E-state index contributed by atoms with van der Waals surface area (Å²) in [5.74, 6) is -1.16. The molecule has 0 radical (unpaired) electrons. The van der Waals surface area contributed by atoms with Crippen molar-refractivity contribution in [1.82, 2.24) is 0 Å². The van der Waals surface area contributed by atoms with Crippen molar-refractivity contribution in [1.29, 1.82) is 0 Å². The second-order valence-corrected chi connectivity index (χ2v) is 14.1. The first-order valence-corrected chi connectivity index (χ1v) is 15.9. The number of aryl methyl sites for hydroxylation is 1. The van der Waals surface area contributed by atoms with Crippen molar-refractivity contribution in [2.24, 2.45) is 28.6 Å². The van der Waals surface area contributed by atoms with Crippen molar-refractivity contribution in [2.45, 2.75) is 77.1 Å². The van der Waals surface area contributed by atoms with Crippen LogP contribution < -0.4 is 11.1 Å². The highest BCUT2D eigenvalue weighted by Crippen LogP contribution is 2.70. The van der Waals surface area contributed by atoms with Gasteiger partial charge in [-0.15, -0.1) is 0 Å². The number of hydrogen-bond donors (Lipinski definition) is 4. The zero-order valence-corrected chi connectivity index (χ0v) is 25.9. The predicted octanol–water partition coefficient (Wildman–Crippen LogP) is 4.93. The number of carbonyl (C=O) groups is 2. The van der Waals surface area contributed by atoms with Crippen molar-refractivity contribution in [3.8, 4) is 0 Å². The minimum atomic E-state index is -1.55. The molecule has 45 heavy (non-hydrogen) atoms. The van der Waals surface area contributed by atoms with Crippen LogP contribution >= 0.6 is 0 Å². The maximum absolute atomic E-state index is 16.3. The van der Waals surface area contributed by atoms with Gasteiger partial charge in [0.1, 0.15) is 12.4 Å². The number of hydrogen-bond acceptors (Lipinski definition) is 8. The van der Waals surface area contributed by atoms with E-state index >= 15 is 4.39 Å². The van der Waals surface area contributed by atoms with E-state index in [1.807, 2.05) is 31.2 Å². The van der Waals surface area contributed by atoms with Crippen LogP contribution in [0.4, 0.5) is 15.8 Å². The van der Waals surface area contributed by atoms with Gasteiger partial charge in [0.05, 0.1) is 12.2 Å². The molecule has 2 aromatic rings. The second-order valence-electron chi connectivity index (χ2n) is 14.1. The monoisotopic (exact) mass is 616 g/mol. The zero-order valence-electron chi connectivity index (χ0n) is 25.9. The van der Waals surface area contributed by atoms with Crippen molar-refractivity contribution in [3.63, 3.8) is 0 Å². The molecule has 4 fully saturated rings. The number of fused-ring (bicyclic) bond motifs is 7. The van der Waals surface area contributed by atoms with Crippen LogP contribution in [-0.2, 0) is 25.6 Å². The van der Waals surface area contributed by atoms with Crippen molar-refractivity contribution < 1.29 is 33.7 Å². The Balaban J connectivity index is 1.21. The van der Waals surface area contributed by atoms with Crippen LogP contribution in [0.2, 0.25) is 0 Å². The molecule has 5 N–H and O–H groups in total. The van der Waals surface area contributed by atoms with Crippen LogP contribution in [0.15, 0.2) is 60.2 Å². The Morgan fingerprint density at radius 2 is 2.02 bits per heavy atom. The summed E-state index contributed by atoms with van der Waals surface area (Å²) in [5, 5.41) is 25.4. The van der Waals surface area contributed by atoms with E-state index in [1.165, 1.54) is 0 Å². The first-order valence-electron chi connectivity index (χ1n) is 15.9. The second kappa shape index (κ2) is 10.6. The molecule has 2 aromatic carbocycles. The number of nitrogen functional groups attached to an aromatic ring is 1. The Morgan fingerprint density at radius 1 is 1.22 bits per heavy atom. The quantitative estimate of drug-likeness (QED) is 0.336. The molecule has 9 atom stereocenters. The molecule has 7 rings (SSSR count). The van der Waals surface area contributed by atoms with E-state index in [2.05, 4.69) is 12.2 Å². The number of allylic oxidation sites excluding steroid dienone is 4. The lowest BCUT2D eigenvalue weighted by molar-refractivity contribution is -0.201. The van der Waals surface area contributed by atoms with Crippen LogP contribution in [-0.4, -0.2) is 46.2 Å². The van der Waals surface area contributed by atoms with E-state index in [0.717, 1.165) is 24.1 Å². The molecule has 3 saturated carbocycles. The Labute approximate surface area is 262 Å². The topological polar surface area (TPSA) is 131 Å². The van der Waals surface area contributed by atoms with Crippen LogP contribution in [0.25, 0.3) is 0 Å². The third kappa shape index (κ3) is 4.31. The van der Waals surface area contributed by atoms with Crippen LogP contribution in [0.5, 0.6) is 0 Å². The van der Waals surface area contributed by atoms with Gasteiger partial charge in [-0.25, -0.2) is 4.39 Å². The molecule has 238 valence electrons. The molecule has 0 unspecified atom stereocenters. The van der Waals surface area contributed by atoms with Crippen LogP contribution in [0.3, 0.4) is 0 Å². The third-order valence-corrected chi connectivity index (χ3v) is 11.9. The van der Waals surface area contributed by atoms with Gasteiger partial charge < -0.3 is 30.7 Å². The summed E-state index contributed by atoms with van der Waals surface area (Å²) in [6, 6.07) is 10.7. The number of aliphatic hydroxyl groups excluding tert-OH is 2. The summed E-state index contributed by atoms with van der Waals surface area (Å²) in [6.45, 7) is 5.30. The summed E-state index contributed by atoms with van der Waals surface area (Å²) in [7, 11) is 0. The number of carbonyl (C=O) groups excluding carboxylic acids is 2. The maximum atomic E-state index is 16.3.